The predicted molar refractivity (Wildman–Crippen MR) is 162 cm³/mol. The van der Waals surface area contributed by atoms with Gasteiger partial charge in [-0.15, -0.1) is 0 Å². The maximum absolute atomic E-state index is 14.8. The summed E-state index contributed by atoms with van der Waals surface area (Å²) in [5.74, 6) is 1.56. The molecule has 0 aromatic heterocycles. The van der Waals surface area contributed by atoms with Gasteiger partial charge in [-0.2, -0.15) is 0 Å². The van der Waals surface area contributed by atoms with E-state index in [0.717, 1.165) is 10.6 Å². The first-order valence-corrected chi connectivity index (χ1v) is 16.8. The van der Waals surface area contributed by atoms with Crippen molar-refractivity contribution in [1.82, 2.24) is 0 Å². The van der Waals surface area contributed by atoms with Gasteiger partial charge < -0.3 is 18.6 Å². The average molecular weight is 569 g/mol. The molecule has 0 aliphatic carbocycles. The second-order valence-electron chi connectivity index (χ2n) is 9.26. The van der Waals surface area contributed by atoms with Crippen LogP contribution in [-0.2, 0) is 15.3 Å². The van der Waals surface area contributed by atoms with Crippen molar-refractivity contribution in [2.24, 2.45) is 0 Å². The Bertz CT molecular complexity index is 1500. The lowest BCUT2D eigenvalue weighted by Gasteiger charge is -2.24. The van der Waals surface area contributed by atoms with Crippen molar-refractivity contribution in [2.75, 3.05) is 12.7 Å². The van der Waals surface area contributed by atoms with E-state index in [-0.39, 0.29) is 18.9 Å². The average Bonchev–Trinajstić information content (AvgIpc) is 3.02. The van der Waals surface area contributed by atoms with Crippen molar-refractivity contribution in [3.8, 4) is 17.2 Å². The lowest BCUT2D eigenvalue weighted by Crippen LogP contribution is -2.18. The van der Waals surface area contributed by atoms with E-state index in [2.05, 4.69) is 0 Å². The zero-order chi connectivity index (χ0) is 27.7. The number of hydrogen-bond acceptors (Lipinski definition) is 5. The van der Waals surface area contributed by atoms with Crippen LogP contribution in [0, 0.1) is 0 Å². The van der Waals surface area contributed by atoms with Crippen LogP contribution in [0.15, 0.2) is 146 Å². The fourth-order valence-corrected chi connectivity index (χ4v) is 8.40. The largest absolute Gasteiger partial charge is 0.482 e. The summed E-state index contributed by atoms with van der Waals surface area (Å²) in [5, 5.41) is 1.50. The minimum atomic E-state index is -3.54. The van der Waals surface area contributed by atoms with Gasteiger partial charge in [0.25, 0.3) is 0 Å². The van der Waals surface area contributed by atoms with Gasteiger partial charge in [-0.3, -0.25) is 4.57 Å². The third-order valence-corrected chi connectivity index (χ3v) is 10.9. The van der Waals surface area contributed by atoms with E-state index in [0.29, 0.717) is 22.8 Å². The molecule has 0 unspecified atom stereocenters. The molecule has 0 saturated heterocycles. The van der Waals surface area contributed by atoms with E-state index in [1.54, 1.807) is 30.3 Å². The molecule has 0 saturated carbocycles. The highest BCUT2D eigenvalue weighted by Crippen LogP contribution is 2.52. The molecule has 5 aromatic carbocycles. The maximum atomic E-state index is 14.8. The van der Waals surface area contributed by atoms with Gasteiger partial charge in [0.15, 0.2) is 12.7 Å². The predicted octanol–water partition coefficient (Wildman–Crippen LogP) is 7.93. The fraction of sp³-hybridized carbons (Fsp3) is 0.0909. The number of benzene rings is 5. The molecule has 0 amide bonds. The van der Waals surface area contributed by atoms with Crippen molar-refractivity contribution in [3.63, 3.8) is 0 Å². The van der Waals surface area contributed by atoms with Gasteiger partial charge in [0.05, 0.1) is 0 Å². The number of rotatable bonds is 12. The Morgan fingerprint density at radius 2 is 0.875 bits per heavy atom. The van der Waals surface area contributed by atoms with Crippen LogP contribution in [0.4, 0.5) is 0 Å². The summed E-state index contributed by atoms with van der Waals surface area (Å²) in [4.78, 5) is 0. The molecule has 0 aliphatic rings. The zero-order valence-electron chi connectivity index (χ0n) is 21.9. The van der Waals surface area contributed by atoms with Gasteiger partial charge in [0.1, 0.15) is 24.4 Å². The van der Waals surface area contributed by atoms with E-state index in [1.165, 1.54) is 0 Å². The van der Waals surface area contributed by atoms with E-state index < -0.39 is 14.5 Å². The molecule has 40 heavy (non-hydrogen) atoms. The molecule has 0 atom stereocenters. The molecule has 202 valence electrons. The lowest BCUT2D eigenvalue weighted by molar-refractivity contribution is 0.315. The summed E-state index contributed by atoms with van der Waals surface area (Å²) >= 11 is 0. The molecule has 5 nitrogen and oxygen atoms in total. The van der Waals surface area contributed by atoms with Crippen LogP contribution in [0.1, 0.15) is 5.56 Å². The summed E-state index contributed by atoms with van der Waals surface area (Å²) in [6, 6.07) is 44.6. The van der Waals surface area contributed by atoms with E-state index >= 15 is 0 Å². The van der Waals surface area contributed by atoms with Crippen LogP contribution in [0.25, 0.3) is 0 Å². The Hall–Kier alpha value is -4.04. The fourth-order valence-electron chi connectivity index (χ4n) is 4.28. The lowest BCUT2D eigenvalue weighted by atomic mass is 10.2. The minimum absolute atomic E-state index is 0.187. The van der Waals surface area contributed by atoms with E-state index in [4.69, 9.17) is 14.0 Å². The minimum Gasteiger partial charge on any atom is -0.482 e. The Morgan fingerprint density at radius 1 is 0.475 bits per heavy atom. The van der Waals surface area contributed by atoms with E-state index in [1.807, 2.05) is 115 Å². The summed E-state index contributed by atoms with van der Waals surface area (Å²) in [5.41, 5.74) is 0.693. The van der Waals surface area contributed by atoms with Gasteiger partial charge in [0, 0.05) is 22.3 Å². The third kappa shape index (κ3) is 6.93. The SMILES string of the molecule is O=P(COc1ccccc1)(COc1ccccc1)Oc1ccccc1CP(=O)(c1ccccc1)c1ccccc1. The number of ether oxygens (including phenoxy) is 2. The highest BCUT2D eigenvalue weighted by atomic mass is 31.2. The first kappa shape index (κ1) is 27.5. The molecule has 5 rings (SSSR count). The zero-order valence-corrected chi connectivity index (χ0v) is 23.7. The van der Waals surface area contributed by atoms with Gasteiger partial charge in [-0.05, 0) is 30.3 Å². The smallest absolute Gasteiger partial charge is 0.320 e. The summed E-state index contributed by atoms with van der Waals surface area (Å²) in [6.07, 6.45) is -0.170. The van der Waals surface area contributed by atoms with Crippen LogP contribution in [-0.4, -0.2) is 12.7 Å². The third-order valence-electron chi connectivity index (χ3n) is 6.32. The Labute approximate surface area is 235 Å². The maximum Gasteiger partial charge on any atom is 0.320 e. The molecule has 0 heterocycles. The van der Waals surface area contributed by atoms with Gasteiger partial charge >= 0.3 is 7.37 Å². The first-order chi connectivity index (χ1) is 19.5. The summed E-state index contributed by atoms with van der Waals surface area (Å²) < 4.78 is 47.1. The first-order valence-electron chi connectivity index (χ1n) is 13.0. The summed E-state index contributed by atoms with van der Waals surface area (Å²) in [7, 11) is -6.64. The van der Waals surface area contributed by atoms with Crippen LogP contribution in [0.2, 0.25) is 0 Å². The highest BCUT2D eigenvalue weighted by molar-refractivity contribution is 7.78. The topological polar surface area (TPSA) is 61.8 Å². The Kier molecular flexibility index (Phi) is 8.86. The van der Waals surface area contributed by atoms with Gasteiger partial charge in [-0.1, -0.05) is 115 Å². The molecule has 0 spiro atoms. The van der Waals surface area contributed by atoms with Crippen LogP contribution in [0.5, 0.6) is 17.2 Å². The Morgan fingerprint density at radius 3 is 1.35 bits per heavy atom. The number of para-hydroxylation sites is 3. The molecule has 7 heteroatoms. The Balaban J connectivity index is 1.46. The molecule has 5 aromatic rings. The van der Waals surface area contributed by atoms with Crippen LogP contribution < -0.4 is 24.6 Å². The molecule has 0 bridgehead atoms. The molecule has 0 fully saturated rings. The van der Waals surface area contributed by atoms with Crippen LogP contribution in [0.3, 0.4) is 0 Å². The van der Waals surface area contributed by atoms with Gasteiger partial charge in [-0.25, -0.2) is 0 Å². The van der Waals surface area contributed by atoms with Gasteiger partial charge in [0.2, 0.25) is 0 Å². The number of hydrogen-bond donors (Lipinski definition) is 0. The second kappa shape index (κ2) is 12.9. The van der Waals surface area contributed by atoms with Crippen LogP contribution >= 0.6 is 14.5 Å². The van der Waals surface area contributed by atoms with Crippen molar-refractivity contribution >= 4 is 25.1 Å². The summed E-state index contributed by atoms with van der Waals surface area (Å²) in [6.45, 7) is 0. The molecule has 0 radical (unpaired) electrons. The standard InChI is InChI=1S/C33H30O5P2/c34-39(26-36-29-16-5-1-6-17-29,27-37-30-18-7-2-8-19-30)38-33-24-14-13-15-28(33)25-40(35,31-20-9-3-10-21-31)32-22-11-4-12-23-32/h1-24H,25-27H2. The molecular formula is C33H30O5P2. The van der Waals surface area contributed by atoms with Crippen molar-refractivity contribution < 1.29 is 23.1 Å². The van der Waals surface area contributed by atoms with Crippen molar-refractivity contribution in [2.45, 2.75) is 6.16 Å². The molecule has 0 N–H and O–H groups in total. The molecule has 0 aliphatic heterocycles. The van der Waals surface area contributed by atoms with E-state index in [9.17, 15) is 9.13 Å². The monoisotopic (exact) mass is 568 g/mol. The molecular weight excluding hydrogens is 538 g/mol. The quantitative estimate of drug-likeness (QED) is 0.143. The normalized spacial score (nSPS) is 11.5. The second-order valence-corrected chi connectivity index (χ2v) is 14.4. The highest BCUT2D eigenvalue weighted by Gasteiger charge is 2.32. The van der Waals surface area contributed by atoms with Crippen molar-refractivity contribution in [1.29, 1.82) is 0 Å². The van der Waals surface area contributed by atoms with Crippen molar-refractivity contribution in [3.05, 3.63) is 151 Å².